The zero-order chi connectivity index (χ0) is 16.7. The number of hydrogen-bond acceptors (Lipinski definition) is 3. The van der Waals surface area contributed by atoms with Crippen LogP contribution in [0.1, 0.15) is 66.2 Å². The molecule has 1 aliphatic carbocycles. The zero-order valence-corrected chi connectivity index (χ0v) is 15.1. The maximum atomic E-state index is 9.55. The van der Waals surface area contributed by atoms with Crippen molar-refractivity contribution in [3.05, 3.63) is 23.3 Å². The van der Waals surface area contributed by atoms with Crippen molar-refractivity contribution in [2.24, 2.45) is 5.92 Å². The fourth-order valence-electron chi connectivity index (χ4n) is 3.82. The molecule has 2 fully saturated rings. The number of aliphatic hydroxyl groups excluding tert-OH is 1. The van der Waals surface area contributed by atoms with E-state index < -0.39 is 0 Å². The van der Waals surface area contributed by atoms with Crippen LogP contribution in [-0.2, 0) is 9.47 Å². The standard InChI is InChI=1S/C20H32O3/c1-14(2)16-9-11-20(4)17(22-20)8-7-15(13-21)6-5-10-19(3)18(12-16)23-19/h6,12,14,17-18,21H,5,7-11,13H2,1-4H3/b15-6-,16-12+/t17-,18-,19-,20-/m0/s1. The summed E-state index contributed by atoms with van der Waals surface area (Å²) in [5, 5.41) is 9.55. The normalized spacial score (nSPS) is 45.8. The summed E-state index contributed by atoms with van der Waals surface area (Å²) < 4.78 is 12.0. The molecule has 0 bridgehead atoms. The highest BCUT2D eigenvalue weighted by Crippen LogP contribution is 2.46. The second-order valence-corrected chi connectivity index (χ2v) is 8.26. The number of ether oxygens (including phenoxy) is 2. The Morgan fingerprint density at radius 3 is 2.65 bits per heavy atom. The third kappa shape index (κ3) is 3.89. The van der Waals surface area contributed by atoms with E-state index in [0.29, 0.717) is 12.0 Å². The quantitative estimate of drug-likeness (QED) is 0.614. The lowest BCUT2D eigenvalue weighted by Gasteiger charge is -2.14. The van der Waals surface area contributed by atoms with Crippen LogP contribution in [0.15, 0.2) is 23.3 Å². The van der Waals surface area contributed by atoms with E-state index in [1.807, 2.05) is 0 Å². The fourth-order valence-corrected chi connectivity index (χ4v) is 3.82. The molecule has 3 aliphatic rings. The third-order valence-corrected chi connectivity index (χ3v) is 6.00. The van der Waals surface area contributed by atoms with Gasteiger partial charge in [0.2, 0.25) is 0 Å². The predicted molar refractivity (Wildman–Crippen MR) is 92.3 cm³/mol. The van der Waals surface area contributed by atoms with Gasteiger partial charge in [0.25, 0.3) is 0 Å². The average molecular weight is 320 g/mol. The smallest absolute Gasteiger partial charge is 0.105 e. The van der Waals surface area contributed by atoms with Gasteiger partial charge in [-0.05, 0) is 63.9 Å². The zero-order valence-electron chi connectivity index (χ0n) is 15.1. The van der Waals surface area contributed by atoms with Crippen molar-refractivity contribution in [1.82, 2.24) is 0 Å². The fraction of sp³-hybridized carbons (Fsp3) is 0.800. The summed E-state index contributed by atoms with van der Waals surface area (Å²) >= 11 is 0. The second-order valence-electron chi connectivity index (χ2n) is 8.26. The van der Waals surface area contributed by atoms with E-state index in [-0.39, 0.29) is 23.9 Å². The van der Waals surface area contributed by atoms with E-state index in [4.69, 9.17) is 9.47 Å². The van der Waals surface area contributed by atoms with Crippen molar-refractivity contribution >= 4 is 0 Å². The maximum absolute atomic E-state index is 9.55. The summed E-state index contributed by atoms with van der Waals surface area (Å²) in [4.78, 5) is 0. The van der Waals surface area contributed by atoms with Crippen molar-refractivity contribution in [3.63, 3.8) is 0 Å². The molecule has 0 amide bonds. The highest BCUT2D eigenvalue weighted by Gasteiger charge is 2.52. The molecule has 130 valence electrons. The molecule has 0 saturated carbocycles. The number of aliphatic hydroxyl groups is 1. The Balaban J connectivity index is 1.75. The molecule has 0 aromatic heterocycles. The second kappa shape index (κ2) is 6.34. The average Bonchev–Trinajstić information content (AvgIpc) is 3.34. The molecule has 1 N–H and O–H groups in total. The van der Waals surface area contributed by atoms with Gasteiger partial charge in [0, 0.05) is 0 Å². The van der Waals surface area contributed by atoms with Crippen LogP contribution >= 0.6 is 0 Å². The van der Waals surface area contributed by atoms with Crippen LogP contribution < -0.4 is 0 Å². The van der Waals surface area contributed by atoms with Crippen LogP contribution in [-0.4, -0.2) is 35.1 Å². The molecule has 4 atom stereocenters. The van der Waals surface area contributed by atoms with Crippen LogP contribution in [0, 0.1) is 5.92 Å². The number of epoxide rings is 2. The van der Waals surface area contributed by atoms with E-state index in [1.165, 1.54) is 5.57 Å². The molecule has 0 aromatic carbocycles. The van der Waals surface area contributed by atoms with Gasteiger partial charge < -0.3 is 14.6 Å². The molecule has 23 heavy (non-hydrogen) atoms. The Morgan fingerprint density at radius 1 is 1.17 bits per heavy atom. The predicted octanol–water partition coefficient (Wildman–Crippen LogP) is 4.16. The molecule has 3 heteroatoms. The number of hydrogen-bond donors (Lipinski definition) is 1. The first-order chi connectivity index (χ1) is 10.9. The lowest BCUT2D eigenvalue weighted by Crippen LogP contribution is -2.13. The maximum Gasteiger partial charge on any atom is 0.105 e. The molecule has 3 nitrogen and oxygen atoms in total. The highest BCUT2D eigenvalue weighted by molar-refractivity contribution is 5.20. The summed E-state index contributed by atoms with van der Waals surface area (Å²) in [5.74, 6) is 0.568. The summed E-state index contributed by atoms with van der Waals surface area (Å²) in [6, 6.07) is 0. The van der Waals surface area contributed by atoms with E-state index in [9.17, 15) is 5.11 Å². The van der Waals surface area contributed by atoms with Gasteiger partial charge in [0.15, 0.2) is 0 Å². The first kappa shape index (κ1) is 17.2. The lowest BCUT2D eigenvalue weighted by atomic mass is 9.88. The molecule has 3 rings (SSSR count). The minimum atomic E-state index is -0.0101. The Bertz CT molecular complexity index is 507. The molecule has 0 spiro atoms. The summed E-state index contributed by atoms with van der Waals surface area (Å²) in [5.41, 5.74) is 2.69. The highest BCUT2D eigenvalue weighted by atomic mass is 16.6. The number of rotatable bonds is 2. The van der Waals surface area contributed by atoms with E-state index in [0.717, 1.165) is 44.1 Å². The van der Waals surface area contributed by atoms with Crippen molar-refractivity contribution in [2.45, 2.75) is 89.6 Å². The minimum Gasteiger partial charge on any atom is -0.392 e. The largest absolute Gasteiger partial charge is 0.392 e. The Hall–Kier alpha value is -0.640. The molecule has 0 aromatic rings. The lowest BCUT2D eigenvalue weighted by molar-refractivity contribution is 0.289. The van der Waals surface area contributed by atoms with E-state index in [2.05, 4.69) is 39.8 Å². The van der Waals surface area contributed by atoms with Crippen molar-refractivity contribution in [3.8, 4) is 0 Å². The van der Waals surface area contributed by atoms with Crippen LogP contribution in [0.25, 0.3) is 0 Å². The SMILES string of the molecule is CC(C)/C1=C/[C@@H]2O[C@@]2(C)CC/C=C(\CO)CC[C@@H]2O[C@@]2(C)CC1. The summed E-state index contributed by atoms with van der Waals surface area (Å²) in [6.45, 7) is 9.17. The first-order valence-electron chi connectivity index (χ1n) is 9.21. The topological polar surface area (TPSA) is 45.3 Å². The molecular formula is C20H32O3. The van der Waals surface area contributed by atoms with Gasteiger partial charge in [0.1, 0.15) is 6.10 Å². The molecule has 0 radical (unpaired) electrons. The van der Waals surface area contributed by atoms with Crippen molar-refractivity contribution < 1.29 is 14.6 Å². The summed E-state index contributed by atoms with van der Waals surface area (Å²) in [6.07, 6.45) is 11.4. The van der Waals surface area contributed by atoms with Gasteiger partial charge in [-0.15, -0.1) is 0 Å². The minimum absolute atomic E-state index is 0.0101. The van der Waals surface area contributed by atoms with Gasteiger partial charge in [-0.25, -0.2) is 0 Å². The Morgan fingerprint density at radius 2 is 1.96 bits per heavy atom. The molecule has 2 saturated heterocycles. The Kier molecular flexibility index (Phi) is 4.74. The van der Waals surface area contributed by atoms with E-state index >= 15 is 0 Å². The van der Waals surface area contributed by atoms with Crippen LogP contribution in [0.5, 0.6) is 0 Å². The van der Waals surface area contributed by atoms with E-state index in [1.54, 1.807) is 0 Å². The molecule has 2 aliphatic heterocycles. The number of allylic oxidation sites excluding steroid dienone is 2. The van der Waals surface area contributed by atoms with Crippen LogP contribution in [0.4, 0.5) is 0 Å². The third-order valence-electron chi connectivity index (χ3n) is 6.00. The monoisotopic (exact) mass is 320 g/mol. The van der Waals surface area contributed by atoms with Crippen LogP contribution in [0.2, 0.25) is 0 Å². The first-order valence-corrected chi connectivity index (χ1v) is 9.21. The summed E-state index contributed by atoms with van der Waals surface area (Å²) in [7, 11) is 0. The van der Waals surface area contributed by atoms with Crippen molar-refractivity contribution in [2.75, 3.05) is 6.61 Å². The van der Waals surface area contributed by atoms with Crippen LogP contribution in [0.3, 0.4) is 0 Å². The Labute approximate surface area is 140 Å². The molecular weight excluding hydrogens is 288 g/mol. The van der Waals surface area contributed by atoms with Gasteiger partial charge in [-0.2, -0.15) is 0 Å². The van der Waals surface area contributed by atoms with Gasteiger partial charge in [-0.1, -0.05) is 31.6 Å². The number of fused-ring (bicyclic) bond motifs is 2. The van der Waals surface area contributed by atoms with Gasteiger partial charge >= 0.3 is 0 Å². The van der Waals surface area contributed by atoms with Crippen molar-refractivity contribution in [1.29, 1.82) is 0 Å². The van der Waals surface area contributed by atoms with Gasteiger partial charge in [0.05, 0.1) is 23.9 Å². The molecule has 2 heterocycles. The molecule has 0 unspecified atom stereocenters. The van der Waals surface area contributed by atoms with Gasteiger partial charge in [-0.3, -0.25) is 0 Å².